The summed E-state index contributed by atoms with van der Waals surface area (Å²) in [4.78, 5) is 25.2. The van der Waals surface area contributed by atoms with E-state index in [0.29, 0.717) is 18.7 Å². The van der Waals surface area contributed by atoms with E-state index in [9.17, 15) is 4.79 Å². The monoisotopic (exact) mass is 362 g/mol. The third kappa shape index (κ3) is 3.28. The van der Waals surface area contributed by atoms with E-state index >= 15 is 0 Å². The normalized spacial score (nSPS) is 14.4. The van der Waals surface area contributed by atoms with Crippen molar-refractivity contribution in [2.45, 2.75) is 13.8 Å². The van der Waals surface area contributed by atoms with E-state index in [4.69, 9.17) is 0 Å². The number of carbonyl (C=O) groups excluding carboxylic acids is 1. The van der Waals surface area contributed by atoms with Crippen LogP contribution in [0.2, 0.25) is 0 Å². The van der Waals surface area contributed by atoms with Gasteiger partial charge in [0.1, 0.15) is 0 Å². The first-order valence-corrected chi connectivity index (χ1v) is 9.07. The van der Waals surface area contributed by atoms with Crippen LogP contribution >= 0.6 is 0 Å². The fraction of sp³-hybridized carbons (Fsp3) is 0.300. The van der Waals surface area contributed by atoms with Gasteiger partial charge in [-0.15, -0.1) is 0 Å². The van der Waals surface area contributed by atoms with Crippen molar-refractivity contribution in [3.05, 3.63) is 65.9 Å². The predicted molar refractivity (Wildman–Crippen MR) is 103 cm³/mol. The second-order valence-electron chi connectivity index (χ2n) is 6.63. The van der Waals surface area contributed by atoms with Crippen molar-refractivity contribution in [3.8, 4) is 5.82 Å². The van der Waals surface area contributed by atoms with Crippen molar-refractivity contribution in [1.82, 2.24) is 24.6 Å². The number of aromatic nitrogens is 4. The summed E-state index contributed by atoms with van der Waals surface area (Å²) < 4.78 is 1.89. The number of pyridine rings is 2. The zero-order valence-electron chi connectivity index (χ0n) is 15.5. The molecule has 3 aromatic heterocycles. The maximum Gasteiger partial charge on any atom is 0.254 e. The van der Waals surface area contributed by atoms with E-state index in [1.165, 1.54) is 0 Å². The van der Waals surface area contributed by atoms with Gasteiger partial charge in [0.05, 0.1) is 17.1 Å². The Hall–Kier alpha value is -3.22. The van der Waals surface area contributed by atoms with Gasteiger partial charge in [-0.05, 0) is 38.1 Å². The molecule has 138 valence electrons. The smallest absolute Gasteiger partial charge is 0.254 e. The van der Waals surface area contributed by atoms with Crippen molar-refractivity contribution in [2.24, 2.45) is 0 Å². The quantitative estimate of drug-likeness (QED) is 0.715. The molecule has 1 fully saturated rings. The highest BCUT2D eigenvalue weighted by atomic mass is 16.2. The molecule has 3 aromatic rings. The molecule has 0 bridgehead atoms. The molecular weight excluding hydrogens is 340 g/mol. The Labute approximate surface area is 158 Å². The molecule has 0 unspecified atom stereocenters. The highest BCUT2D eigenvalue weighted by Crippen LogP contribution is 2.27. The lowest BCUT2D eigenvalue weighted by atomic mass is 10.2. The summed E-state index contributed by atoms with van der Waals surface area (Å²) in [7, 11) is 0. The van der Waals surface area contributed by atoms with Gasteiger partial charge in [0.25, 0.3) is 5.91 Å². The summed E-state index contributed by atoms with van der Waals surface area (Å²) >= 11 is 0. The molecule has 4 heterocycles. The average Bonchev–Trinajstić information content (AvgIpc) is 3.03. The van der Waals surface area contributed by atoms with E-state index in [1.807, 2.05) is 34.7 Å². The summed E-state index contributed by atoms with van der Waals surface area (Å²) in [5.74, 6) is 0.880. The lowest BCUT2D eigenvalue weighted by Gasteiger charge is -2.36. The number of aryl methyl sites for hydroxylation is 1. The van der Waals surface area contributed by atoms with Gasteiger partial charge in [-0.3, -0.25) is 9.78 Å². The van der Waals surface area contributed by atoms with Crippen LogP contribution in [0.4, 0.5) is 5.69 Å². The summed E-state index contributed by atoms with van der Waals surface area (Å²) in [6.07, 6.45) is 5.08. The summed E-state index contributed by atoms with van der Waals surface area (Å²) in [5.41, 5.74) is 3.87. The number of carbonyl (C=O) groups is 1. The minimum atomic E-state index is 0.0645. The molecular formula is C20H22N6O. The highest BCUT2D eigenvalue weighted by molar-refractivity contribution is 5.94. The first-order chi connectivity index (χ1) is 13.1. The van der Waals surface area contributed by atoms with E-state index in [-0.39, 0.29) is 5.91 Å². The summed E-state index contributed by atoms with van der Waals surface area (Å²) in [5, 5.41) is 4.68. The van der Waals surface area contributed by atoms with Crippen molar-refractivity contribution in [2.75, 3.05) is 31.1 Å². The Kier molecular flexibility index (Phi) is 4.58. The Balaban J connectivity index is 1.50. The molecule has 0 spiro atoms. The van der Waals surface area contributed by atoms with E-state index in [0.717, 1.165) is 36.0 Å². The predicted octanol–water partition coefficient (Wildman–Crippen LogP) is 2.24. The van der Waals surface area contributed by atoms with Crippen LogP contribution in [-0.4, -0.2) is 56.7 Å². The molecule has 7 heteroatoms. The molecule has 0 saturated carbocycles. The molecule has 1 amide bonds. The maximum absolute atomic E-state index is 12.6. The van der Waals surface area contributed by atoms with E-state index in [2.05, 4.69) is 26.9 Å². The van der Waals surface area contributed by atoms with Crippen LogP contribution in [0.15, 0.2) is 48.9 Å². The van der Waals surface area contributed by atoms with Gasteiger partial charge in [0, 0.05) is 50.3 Å². The molecule has 0 aromatic carbocycles. The fourth-order valence-corrected chi connectivity index (χ4v) is 3.60. The molecule has 0 aliphatic carbocycles. The first kappa shape index (κ1) is 17.2. The van der Waals surface area contributed by atoms with Crippen LogP contribution in [0.3, 0.4) is 0 Å². The minimum Gasteiger partial charge on any atom is -0.365 e. The zero-order chi connectivity index (χ0) is 18.8. The number of hydrogen-bond acceptors (Lipinski definition) is 5. The van der Waals surface area contributed by atoms with Crippen molar-refractivity contribution in [3.63, 3.8) is 0 Å². The Bertz CT molecular complexity index is 930. The van der Waals surface area contributed by atoms with Gasteiger partial charge in [-0.25, -0.2) is 9.67 Å². The SMILES string of the molecule is Cc1nn(-c2ccccn2)c(C)c1N1CCN(C(=O)c2ccncc2)CC1. The molecule has 0 atom stereocenters. The second-order valence-corrected chi connectivity index (χ2v) is 6.63. The standard InChI is InChI=1S/C20H22N6O/c1-15-19(16(2)26(23-15)18-5-3-4-8-22-18)24-11-13-25(14-12-24)20(27)17-6-9-21-10-7-17/h3-10H,11-14H2,1-2H3. The number of amides is 1. The molecule has 27 heavy (non-hydrogen) atoms. The van der Waals surface area contributed by atoms with Gasteiger partial charge in [0.15, 0.2) is 5.82 Å². The lowest BCUT2D eigenvalue weighted by Crippen LogP contribution is -2.49. The van der Waals surface area contributed by atoms with E-state index < -0.39 is 0 Å². The van der Waals surface area contributed by atoms with Crippen LogP contribution in [0.5, 0.6) is 0 Å². The molecule has 1 aliphatic heterocycles. The topological polar surface area (TPSA) is 67.2 Å². The highest BCUT2D eigenvalue weighted by Gasteiger charge is 2.26. The Morgan fingerprint density at radius 1 is 0.963 bits per heavy atom. The molecule has 1 aliphatic rings. The first-order valence-electron chi connectivity index (χ1n) is 9.07. The van der Waals surface area contributed by atoms with Crippen LogP contribution in [0, 0.1) is 13.8 Å². The van der Waals surface area contributed by atoms with Crippen LogP contribution in [0.1, 0.15) is 21.7 Å². The Morgan fingerprint density at radius 2 is 1.70 bits per heavy atom. The number of hydrogen-bond donors (Lipinski definition) is 0. The van der Waals surface area contributed by atoms with Crippen LogP contribution in [0.25, 0.3) is 5.82 Å². The molecule has 0 radical (unpaired) electrons. The maximum atomic E-state index is 12.6. The fourth-order valence-electron chi connectivity index (χ4n) is 3.60. The molecule has 7 nitrogen and oxygen atoms in total. The van der Waals surface area contributed by atoms with Gasteiger partial charge in [0.2, 0.25) is 0 Å². The number of nitrogens with zero attached hydrogens (tertiary/aromatic N) is 6. The van der Waals surface area contributed by atoms with Crippen LogP contribution in [-0.2, 0) is 0 Å². The Morgan fingerprint density at radius 3 is 2.37 bits per heavy atom. The number of rotatable bonds is 3. The third-order valence-electron chi connectivity index (χ3n) is 4.93. The zero-order valence-corrected chi connectivity index (χ0v) is 15.5. The van der Waals surface area contributed by atoms with Crippen molar-refractivity contribution < 1.29 is 4.79 Å². The van der Waals surface area contributed by atoms with Crippen LogP contribution < -0.4 is 4.90 Å². The second kappa shape index (κ2) is 7.19. The summed E-state index contributed by atoms with van der Waals surface area (Å²) in [6, 6.07) is 9.34. The van der Waals surface area contributed by atoms with Gasteiger partial charge >= 0.3 is 0 Å². The van der Waals surface area contributed by atoms with Gasteiger partial charge < -0.3 is 9.80 Å². The minimum absolute atomic E-state index is 0.0645. The molecule has 4 rings (SSSR count). The van der Waals surface area contributed by atoms with Gasteiger partial charge in [-0.2, -0.15) is 5.10 Å². The molecule has 1 saturated heterocycles. The molecule has 0 N–H and O–H groups in total. The van der Waals surface area contributed by atoms with Crippen molar-refractivity contribution in [1.29, 1.82) is 0 Å². The van der Waals surface area contributed by atoms with Gasteiger partial charge in [-0.1, -0.05) is 6.07 Å². The van der Waals surface area contributed by atoms with Crippen molar-refractivity contribution >= 4 is 11.6 Å². The third-order valence-corrected chi connectivity index (χ3v) is 4.93. The number of anilines is 1. The largest absolute Gasteiger partial charge is 0.365 e. The number of piperazine rings is 1. The lowest BCUT2D eigenvalue weighted by molar-refractivity contribution is 0.0746. The van der Waals surface area contributed by atoms with E-state index in [1.54, 1.807) is 30.7 Å². The average molecular weight is 362 g/mol. The summed E-state index contributed by atoms with van der Waals surface area (Å²) in [6.45, 7) is 7.04.